The average molecular weight is 303 g/mol. The monoisotopic (exact) mass is 302 g/mol. The summed E-state index contributed by atoms with van der Waals surface area (Å²) in [6.07, 6.45) is 4.73. The first kappa shape index (κ1) is 14.0. The maximum absolute atomic E-state index is 9.03. The summed E-state index contributed by atoms with van der Waals surface area (Å²) < 4.78 is 0. The smallest absolute Gasteiger partial charge is 0.141 e. The number of H-pyrrole nitrogens is 1. The molecule has 21 heavy (non-hydrogen) atoms. The summed E-state index contributed by atoms with van der Waals surface area (Å²) in [5.74, 6) is 0. The van der Waals surface area contributed by atoms with Gasteiger partial charge in [-0.05, 0) is 37.5 Å². The minimum absolute atomic E-state index is 0.149. The number of halogens is 1. The van der Waals surface area contributed by atoms with Gasteiger partial charge in [0.25, 0.3) is 0 Å². The maximum Gasteiger partial charge on any atom is 0.141 e. The fourth-order valence-corrected chi connectivity index (χ4v) is 2.58. The molecule has 0 saturated heterocycles. The van der Waals surface area contributed by atoms with E-state index in [9.17, 15) is 0 Å². The number of pyridine rings is 1. The van der Waals surface area contributed by atoms with E-state index in [4.69, 9.17) is 16.7 Å². The van der Waals surface area contributed by atoms with Gasteiger partial charge in [-0.3, -0.25) is 0 Å². The van der Waals surface area contributed by atoms with Crippen LogP contribution in [0.5, 0.6) is 0 Å². The fraction of sp³-hybridized carbons (Fsp3) is 0.267. The second kappa shape index (κ2) is 5.79. The molecule has 2 N–H and O–H groups in total. The van der Waals surface area contributed by atoms with Gasteiger partial charge in [0.2, 0.25) is 0 Å². The van der Waals surface area contributed by atoms with E-state index in [0.29, 0.717) is 11.6 Å². The van der Waals surface area contributed by atoms with E-state index in [1.54, 1.807) is 12.5 Å². The maximum atomic E-state index is 9.03. The highest BCUT2D eigenvalue weighted by Crippen LogP contribution is 2.28. The molecule has 0 atom stereocenters. The summed E-state index contributed by atoms with van der Waals surface area (Å²) >= 11 is 5.98. The number of aromatic nitrogens is 4. The van der Waals surface area contributed by atoms with Crippen LogP contribution in [0.4, 0.5) is 0 Å². The summed E-state index contributed by atoms with van der Waals surface area (Å²) in [5, 5.41) is 10.5. The molecule has 3 aromatic rings. The number of aliphatic hydroxyl groups is 1. The van der Waals surface area contributed by atoms with E-state index in [2.05, 4.69) is 19.9 Å². The minimum Gasteiger partial charge on any atom is -0.396 e. The summed E-state index contributed by atoms with van der Waals surface area (Å²) in [5.41, 5.74) is 4.71. The van der Waals surface area contributed by atoms with Crippen LogP contribution < -0.4 is 0 Å². The Morgan fingerprint density at radius 2 is 2.10 bits per heavy atom. The Bertz CT molecular complexity index is 784. The molecule has 0 radical (unpaired) electrons. The SMILES string of the molecule is Cc1ncnc2[nH]c(-c3cnc(Cl)cc3CCCO)cc12. The number of fused-ring (bicyclic) bond motifs is 1. The molecule has 0 fully saturated rings. The topological polar surface area (TPSA) is 74.7 Å². The van der Waals surface area contributed by atoms with Crippen molar-refractivity contribution in [3.8, 4) is 11.3 Å². The van der Waals surface area contributed by atoms with Gasteiger partial charge in [0.15, 0.2) is 0 Å². The number of aliphatic hydroxyl groups excluding tert-OH is 1. The van der Waals surface area contributed by atoms with Crippen molar-refractivity contribution in [3.63, 3.8) is 0 Å². The second-order valence-electron chi connectivity index (χ2n) is 4.90. The predicted molar refractivity (Wildman–Crippen MR) is 82.3 cm³/mol. The third-order valence-electron chi connectivity index (χ3n) is 3.48. The van der Waals surface area contributed by atoms with Crippen LogP contribution in [0, 0.1) is 6.92 Å². The Kier molecular flexibility index (Phi) is 3.86. The molecule has 5 nitrogen and oxygen atoms in total. The minimum atomic E-state index is 0.149. The normalized spacial score (nSPS) is 11.2. The number of aromatic amines is 1. The molecule has 0 unspecified atom stereocenters. The lowest BCUT2D eigenvalue weighted by molar-refractivity contribution is 0.288. The van der Waals surface area contributed by atoms with Crippen molar-refractivity contribution in [2.45, 2.75) is 19.8 Å². The first-order valence-corrected chi connectivity index (χ1v) is 7.13. The van der Waals surface area contributed by atoms with Crippen LogP contribution in [-0.2, 0) is 6.42 Å². The van der Waals surface area contributed by atoms with Crippen molar-refractivity contribution < 1.29 is 5.11 Å². The fourth-order valence-electron chi connectivity index (χ4n) is 2.40. The lowest BCUT2D eigenvalue weighted by Gasteiger charge is -2.07. The lowest BCUT2D eigenvalue weighted by atomic mass is 10.0. The molecule has 0 aliphatic rings. The summed E-state index contributed by atoms with van der Waals surface area (Å²) in [6.45, 7) is 2.10. The highest BCUT2D eigenvalue weighted by Gasteiger charge is 2.11. The second-order valence-corrected chi connectivity index (χ2v) is 5.28. The number of hydrogen-bond donors (Lipinski definition) is 2. The quantitative estimate of drug-likeness (QED) is 0.727. The Balaban J connectivity index is 2.11. The van der Waals surface area contributed by atoms with E-state index in [-0.39, 0.29) is 6.61 Å². The molecule has 0 saturated carbocycles. The van der Waals surface area contributed by atoms with Gasteiger partial charge in [0, 0.05) is 29.4 Å². The lowest BCUT2D eigenvalue weighted by Crippen LogP contribution is -1.95. The van der Waals surface area contributed by atoms with Crippen LogP contribution in [0.15, 0.2) is 24.7 Å². The highest BCUT2D eigenvalue weighted by atomic mass is 35.5. The van der Waals surface area contributed by atoms with Crippen molar-refractivity contribution in [2.24, 2.45) is 0 Å². The molecule has 0 aliphatic carbocycles. The molecule has 108 valence electrons. The van der Waals surface area contributed by atoms with E-state index >= 15 is 0 Å². The predicted octanol–water partition coefficient (Wildman–Crippen LogP) is 2.91. The molecule has 3 rings (SSSR count). The Morgan fingerprint density at radius 1 is 1.24 bits per heavy atom. The first-order chi connectivity index (χ1) is 10.2. The molecule has 3 heterocycles. The molecule has 0 aromatic carbocycles. The third kappa shape index (κ3) is 2.75. The van der Waals surface area contributed by atoms with Crippen molar-refractivity contribution in [2.75, 3.05) is 6.61 Å². The van der Waals surface area contributed by atoms with Gasteiger partial charge in [-0.25, -0.2) is 15.0 Å². The zero-order valence-corrected chi connectivity index (χ0v) is 12.4. The number of rotatable bonds is 4. The summed E-state index contributed by atoms with van der Waals surface area (Å²) in [7, 11) is 0. The number of hydrogen-bond acceptors (Lipinski definition) is 4. The molecule has 0 spiro atoms. The molecule has 0 bridgehead atoms. The van der Waals surface area contributed by atoms with Crippen LogP contribution in [0.25, 0.3) is 22.3 Å². The zero-order valence-electron chi connectivity index (χ0n) is 11.6. The van der Waals surface area contributed by atoms with Gasteiger partial charge in [0.1, 0.15) is 17.1 Å². The van der Waals surface area contributed by atoms with Gasteiger partial charge in [-0.15, -0.1) is 0 Å². The van der Waals surface area contributed by atoms with Crippen LogP contribution in [0.2, 0.25) is 5.15 Å². The van der Waals surface area contributed by atoms with E-state index in [1.165, 1.54) is 0 Å². The van der Waals surface area contributed by atoms with Crippen LogP contribution >= 0.6 is 11.6 Å². The van der Waals surface area contributed by atoms with Gasteiger partial charge in [0.05, 0.1) is 5.69 Å². The van der Waals surface area contributed by atoms with Crippen molar-refractivity contribution in [1.29, 1.82) is 0 Å². The third-order valence-corrected chi connectivity index (χ3v) is 3.68. The average Bonchev–Trinajstić information content (AvgIpc) is 2.90. The highest BCUT2D eigenvalue weighted by molar-refractivity contribution is 6.29. The Labute approximate surface area is 127 Å². The number of nitrogens with zero attached hydrogens (tertiary/aromatic N) is 3. The Hall–Kier alpha value is -1.98. The van der Waals surface area contributed by atoms with Crippen molar-refractivity contribution >= 4 is 22.6 Å². The van der Waals surface area contributed by atoms with Gasteiger partial charge in [-0.2, -0.15) is 0 Å². The zero-order chi connectivity index (χ0) is 14.8. The van der Waals surface area contributed by atoms with Gasteiger partial charge < -0.3 is 10.1 Å². The first-order valence-electron chi connectivity index (χ1n) is 6.75. The number of nitrogens with one attached hydrogen (secondary N) is 1. The summed E-state index contributed by atoms with van der Waals surface area (Å²) in [6, 6.07) is 3.87. The van der Waals surface area contributed by atoms with E-state index in [0.717, 1.165) is 40.0 Å². The summed E-state index contributed by atoms with van der Waals surface area (Å²) in [4.78, 5) is 15.9. The van der Waals surface area contributed by atoms with Crippen LogP contribution in [0.1, 0.15) is 17.7 Å². The van der Waals surface area contributed by atoms with Crippen molar-refractivity contribution in [3.05, 3.63) is 41.1 Å². The van der Waals surface area contributed by atoms with Crippen LogP contribution in [-0.4, -0.2) is 31.6 Å². The number of aryl methyl sites for hydroxylation is 2. The molecule has 0 amide bonds. The molecule has 6 heteroatoms. The molecule has 3 aromatic heterocycles. The largest absolute Gasteiger partial charge is 0.396 e. The molecular weight excluding hydrogens is 288 g/mol. The standard InChI is InChI=1S/C15H15ClN4O/c1-9-11-6-13(20-15(11)19-8-18-9)12-7-17-14(16)5-10(12)3-2-4-21/h5-8,21H,2-4H2,1H3,(H,18,19,20). The van der Waals surface area contributed by atoms with Crippen molar-refractivity contribution in [1.82, 2.24) is 19.9 Å². The van der Waals surface area contributed by atoms with Gasteiger partial charge in [-0.1, -0.05) is 11.6 Å². The van der Waals surface area contributed by atoms with E-state index in [1.807, 2.05) is 19.1 Å². The Morgan fingerprint density at radius 3 is 2.86 bits per heavy atom. The van der Waals surface area contributed by atoms with Gasteiger partial charge >= 0.3 is 0 Å². The van der Waals surface area contributed by atoms with Crippen LogP contribution in [0.3, 0.4) is 0 Å². The molecule has 0 aliphatic heterocycles. The molecular formula is C15H15ClN4O. The van der Waals surface area contributed by atoms with E-state index < -0.39 is 0 Å².